The van der Waals surface area contributed by atoms with Crippen molar-refractivity contribution in [1.29, 1.82) is 0 Å². The van der Waals surface area contributed by atoms with Gasteiger partial charge in [-0.25, -0.2) is 0 Å². The minimum atomic E-state index is -0.124. The SMILES string of the molecule is CNC(=O)CNCC(=O)N[C@H]1CCCc2ccccc21. The predicted octanol–water partition coefficient (Wildman–Crippen LogP) is 0.516. The summed E-state index contributed by atoms with van der Waals surface area (Å²) in [6.07, 6.45) is 3.14. The number of amides is 2. The van der Waals surface area contributed by atoms with Crippen molar-refractivity contribution in [3.63, 3.8) is 0 Å². The predicted molar refractivity (Wildman–Crippen MR) is 77.2 cm³/mol. The third-order valence-electron chi connectivity index (χ3n) is 3.55. The quantitative estimate of drug-likeness (QED) is 0.733. The Labute approximate surface area is 119 Å². The molecule has 0 unspecified atom stereocenters. The summed E-state index contributed by atoms with van der Waals surface area (Å²) in [4.78, 5) is 22.9. The van der Waals surface area contributed by atoms with Crippen LogP contribution in [0.15, 0.2) is 24.3 Å². The van der Waals surface area contributed by atoms with Crippen LogP contribution in [-0.2, 0) is 16.0 Å². The maximum Gasteiger partial charge on any atom is 0.234 e. The zero-order valence-electron chi connectivity index (χ0n) is 11.7. The molecule has 1 aromatic carbocycles. The summed E-state index contributed by atoms with van der Waals surface area (Å²) in [5.74, 6) is -0.198. The van der Waals surface area contributed by atoms with E-state index in [2.05, 4.69) is 28.1 Å². The van der Waals surface area contributed by atoms with E-state index in [1.54, 1.807) is 7.05 Å². The first-order chi connectivity index (χ1) is 9.70. The topological polar surface area (TPSA) is 70.2 Å². The number of carbonyl (C=O) groups is 2. The second kappa shape index (κ2) is 7.05. The molecule has 1 atom stereocenters. The molecule has 0 saturated carbocycles. The Hall–Kier alpha value is -1.88. The van der Waals surface area contributed by atoms with Gasteiger partial charge in [-0.3, -0.25) is 14.9 Å². The van der Waals surface area contributed by atoms with Crippen LogP contribution < -0.4 is 16.0 Å². The molecule has 1 aromatic rings. The molecule has 3 N–H and O–H groups in total. The van der Waals surface area contributed by atoms with Crippen LogP contribution in [0.3, 0.4) is 0 Å². The van der Waals surface area contributed by atoms with Gasteiger partial charge in [0.25, 0.3) is 0 Å². The lowest BCUT2D eigenvalue weighted by atomic mass is 9.88. The molecule has 108 valence electrons. The maximum absolute atomic E-state index is 11.9. The van der Waals surface area contributed by atoms with E-state index in [0.717, 1.165) is 19.3 Å². The van der Waals surface area contributed by atoms with Crippen LogP contribution in [0.1, 0.15) is 30.0 Å². The second-order valence-corrected chi connectivity index (χ2v) is 4.99. The van der Waals surface area contributed by atoms with E-state index < -0.39 is 0 Å². The lowest BCUT2D eigenvalue weighted by Gasteiger charge is -2.26. The molecule has 1 aliphatic carbocycles. The Balaban J connectivity index is 1.85. The first-order valence-corrected chi connectivity index (χ1v) is 6.99. The van der Waals surface area contributed by atoms with Gasteiger partial charge in [0, 0.05) is 7.05 Å². The first kappa shape index (κ1) is 14.5. The first-order valence-electron chi connectivity index (χ1n) is 6.99. The Morgan fingerprint density at radius 2 is 1.95 bits per heavy atom. The molecule has 1 aliphatic rings. The van der Waals surface area contributed by atoms with E-state index in [4.69, 9.17) is 0 Å². The third kappa shape index (κ3) is 3.81. The molecule has 2 amide bonds. The highest BCUT2D eigenvalue weighted by atomic mass is 16.2. The van der Waals surface area contributed by atoms with Gasteiger partial charge in [0.1, 0.15) is 0 Å². The smallest absolute Gasteiger partial charge is 0.234 e. The molecule has 0 aliphatic heterocycles. The van der Waals surface area contributed by atoms with Crippen molar-refractivity contribution in [2.75, 3.05) is 20.1 Å². The number of aryl methyl sites for hydroxylation is 1. The molecule has 0 heterocycles. The summed E-state index contributed by atoms with van der Waals surface area (Å²) in [5, 5.41) is 8.36. The Morgan fingerprint density at radius 3 is 2.75 bits per heavy atom. The Bertz CT molecular complexity index is 488. The summed E-state index contributed by atoms with van der Waals surface area (Å²) in [6.45, 7) is 0.317. The molecule has 5 nitrogen and oxygen atoms in total. The normalized spacial score (nSPS) is 17.1. The van der Waals surface area contributed by atoms with Crippen molar-refractivity contribution in [1.82, 2.24) is 16.0 Å². The Morgan fingerprint density at radius 1 is 1.20 bits per heavy atom. The summed E-state index contributed by atoms with van der Waals surface area (Å²) < 4.78 is 0. The van der Waals surface area contributed by atoms with E-state index in [9.17, 15) is 9.59 Å². The number of hydrogen-bond donors (Lipinski definition) is 3. The van der Waals surface area contributed by atoms with Gasteiger partial charge in [0.2, 0.25) is 11.8 Å². The summed E-state index contributed by atoms with van der Waals surface area (Å²) in [5.41, 5.74) is 2.54. The van der Waals surface area contributed by atoms with Crippen LogP contribution >= 0.6 is 0 Å². The van der Waals surface area contributed by atoms with Crippen LogP contribution in [0.5, 0.6) is 0 Å². The van der Waals surface area contributed by atoms with Gasteiger partial charge in [-0.05, 0) is 30.4 Å². The summed E-state index contributed by atoms with van der Waals surface area (Å²) in [6, 6.07) is 8.34. The molecule has 0 aromatic heterocycles. The van der Waals surface area contributed by atoms with Crippen molar-refractivity contribution in [3.8, 4) is 0 Å². The minimum Gasteiger partial charge on any atom is -0.358 e. The molecule has 20 heavy (non-hydrogen) atoms. The van der Waals surface area contributed by atoms with Gasteiger partial charge in [0.15, 0.2) is 0 Å². The van der Waals surface area contributed by atoms with Gasteiger partial charge in [-0.2, -0.15) is 0 Å². The van der Waals surface area contributed by atoms with Gasteiger partial charge in [0.05, 0.1) is 19.1 Å². The standard InChI is InChI=1S/C15H21N3O2/c1-16-14(19)9-17-10-15(20)18-13-8-4-6-11-5-2-3-7-12(11)13/h2-3,5,7,13,17H,4,6,8-10H2,1H3,(H,16,19)(H,18,20)/t13-/m0/s1. The van der Waals surface area contributed by atoms with E-state index in [1.807, 2.05) is 12.1 Å². The molecule has 0 saturated heterocycles. The average molecular weight is 275 g/mol. The molecule has 0 fully saturated rings. The number of rotatable bonds is 5. The number of nitrogens with one attached hydrogen (secondary N) is 3. The van der Waals surface area contributed by atoms with Crippen molar-refractivity contribution >= 4 is 11.8 Å². The lowest BCUT2D eigenvalue weighted by Crippen LogP contribution is -2.40. The number of likely N-dealkylation sites (N-methyl/N-ethyl adjacent to an activating group) is 1. The van der Waals surface area contributed by atoms with Gasteiger partial charge in [-0.15, -0.1) is 0 Å². The van der Waals surface area contributed by atoms with Crippen LogP contribution in [0.2, 0.25) is 0 Å². The zero-order valence-corrected chi connectivity index (χ0v) is 11.7. The molecule has 0 spiro atoms. The average Bonchev–Trinajstić information content (AvgIpc) is 2.47. The van der Waals surface area contributed by atoms with E-state index in [-0.39, 0.29) is 30.9 Å². The number of fused-ring (bicyclic) bond motifs is 1. The molecule has 0 bridgehead atoms. The molecule has 5 heteroatoms. The molecule has 0 radical (unpaired) electrons. The largest absolute Gasteiger partial charge is 0.358 e. The van der Waals surface area contributed by atoms with Crippen molar-refractivity contribution < 1.29 is 9.59 Å². The number of carbonyl (C=O) groups excluding carboxylic acids is 2. The van der Waals surface area contributed by atoms with E-state index in [0.29, 0.717) is 0 Å². The van der Waals surface area contributed by atoms with Crippen LogP contribution in [-0.4, -0.2) is 32.0 Å². The van der Waals surface area contributed by atoms with Gasteiger partial charge >= 0.3 is 0 Å². The van der Waals surface area contributed by atoms with Crippen LogP contribution in [0.25, 0.3) is 0 Å². The fourth-order valence-corrected chi connectivity index (χ4v) is 2.53. The molecular weight excluding hydrogens is 254 g/mol. The summed E-state index contributed by atoms with van der Waals surface area (Å²) in [7, 11) is 1.57. The monoisotopic (exact) mass is 275 g/mol. The lowest BCUT2D eigenvalue weighted by molar-refractivity contribution is -0.121. The van der Waals surface area contributed by atoms with Gasteiger partial charge < -0.3 is 10.6 Å². The van der Waals surface area contributed by atoms with Gasteiger partial charge in [-0.1, -0.05) is 24.3 Å². The Kier molecular flexibility index (Phi) is 5.12. The second-order valence-electron chi connectivity index (χ2n) is 4.99. The number of benzene rings is 1. The fourth-order valence-electron chi connectivity index (χ4n) is 2.53. The van der Waals surface area contributed by atoms with E-state index >= 15 is 0 Å². The maximum atomic E-state index is 11.9. The van der Waals surface area contributed by atoms with Crippen molar-refractivity contribution in [3.05, 3.63) is 35.4 Å². The third-order valence-corrected chi connectivity index (χ3v) is 3.55. The highest BCUT2D eigenvalue weighted by Gasteiger charge is 2.20. The zero-order chi connectivity index (χ0) is 14.4. The van der Waals surface area contributed by atoms with Crippen LogP contribution in [0.4, 0.5) is 0 Å². The highest BCUT2D eigenvalue weighted by molar-refractivity contribution is 5.81. The highest BCUT2D eigenvalue weighted by Crippen LogP contribution is 2.29. The van der Waals surface area contributed by atoms with Crippen molar-refractivity contribution in [2.24, 2.45) is 0 Å². The molecular formula is C15H21N3O2. The number of hydrogen-bond acceptors (Lipinski definition) is 3. The minimum absolute atomic E-state index is 0.0735. The fraction of sp³-hybridized carbons (Fsp3) is 0.467. The summed E-state index contributed by atoms with van der Waals surface area (Å²) >= 11 is 0. The van der Waals surface area contributed by atoms with E-state index in [1.165, 1.54) is 11.1 Å². The molecule has 2 rings (SSSR count). The van der Waals surface area contributed by atoms with Crippen molar-refractivity contribution in [2.45, 2.75) is 25.3 Å². The van der Waals surface area contributed by atoms with Crippen LogP contribution in [0, 0.1) is 0 Å².